The van der Waals surface area contributed by atoms with E-state index in [-0.39, 0.29) is 5.78 Å². The normalized spacial score (nSPS) is 8.62. The molecule has 0 amide bonds. The molecule has 0 atom stereocenters. The fourth-order valence-electron chi connectivity index (χ4n) is 0.874. The van der Waals surface area contributed by atoms with Gasteiger partial charge in [-0.05, 0) is 46.1 Å². The van der Waals surface area contributed by atoms with Gasteiger partial charge in [-0.1, -0.05) is 11.6 Å². The zero-order valence-electron chi connectivity index (χ0n) is 8.98. The van der Waals surface area contributed by atoms with Crippen LogP contribution in [-0.4, -0.2) is 5.78 Å². The largest absolute Gasteiger partial charge is 0.294 e. The predicted molar refractivity (Wildman–Crippen MR) is 56.6 cm³/mol. The quantitative estimate of drug-likeness (QED) is 0.366. The average Bonchev–Trinajstić information content (AvgIpc) is 2.00. The van der Waals surface area contributed by atoms with Gasteiger partial charge < -0.3 is 0 Å². The van der Waals surface area contributed by atoms with Gasteiger partial charge in [0.2, 0.25) is 0 Å². The zero-order chi connectivity index (χ0) is 10.3. The van der Waals surface area contributed by atoms with Crippen LogP contribution in [-0.2, 0) is 4.79 Å². The number of hydrogen-bond donors (Lipinski definition) is 0. The van der Waals surface area contributed by atoms with Crippen LogP contribution >= 0.6 is 0 Å². The zero-order valence-corrected chi connectivity index (χ0v) is 8.98. The predicted octanol–water partition coefficient (Wildman–Crippen LogP) is 3.42. The summed E-state index contributed by atoms with van der Waals surface area (Å²) in [6.45, 7) is 7.71. The van der Waals surface area contributed by atoms with Gasteiger partial charge in [-0.3, -0.25) is 4.79 Å². The summed E-state index contributed by atoms with van der Waals surface area (Å²) in [6.07, 6.45) is 5.71. The summed E-state index contributed by atoms with van der Waals surface area (Å²) in [5.41, 5.74) is 5.44. The number of ketones is 1. The van der Waals surface area contributed by atoms with Crippen molar-refractivity contribution in [3.63, 3.8) is 0 Å². The average molecular weight is 178 g/mol. The molecule has 0 spiro atoms. The Balaban J connectivity index is 4.01. The molecule has 13 heavy (non-hydrogen) atoms. The van der Waals surface area contributed by atoms with Crippen molar-refractivity contribution in [2.75, 3.05) is 0 Å². The molecule has 72 valence electrons. The second kappa shape index (κ2) is 6.45. The standard InChI is InChI=1S/C12H18O/c1-10(2)6-5-7-11(3)8-9-12(4)13/h6,9H,5,7H2,1-4H3. The van der Waals surface area contributed by atoms with E-state index < -0.39 is 0 Å². The Morgan fingerprint density at radius 1 is 1.23 bits per heavy atom. The molecule has 1 heteroatoms. The summed E-state index contributed by atoms with van der Waals surface area (Å²) in [5.74, 6) is 0.0570. The molecule has 0 fully saturated rings. The number of carbonyl (C=O) groups is 1. The van der Waals surface area contributed by atoms with Crippen LogP contribution in [0.15, 0.2) is 29.0 Å². The Labute approximate surface area is 80.8 Å². The lowest BCUT2D eigenvalue weighted by Gasteiger charge is -1.93. The van der Waals surface area contributed by atoms with E-state index in [1.165, 1.54) is 18.6 Å². The van der Waals surface area contributed by atoms with Crippen LogP contribution in [0.25, 0.3) is 0 Å². The summed E-state index contributed by atoms with van der Waals surface area (Å²) in [5, 5.41) is 0. The Morgan fingerprint density at radius 3 is 2.31 bits per heavy atom. The van der Waals surface area contributed by atoms with Crippen LogP contribution in [0.2, 0.25) is 0 Å². The Bertz CT molecular complexity index is 259. The van der Waals surface area contributed by atoms with Crippen molar-refractivity contribution in [3.05, 3.63) is 29.0 Å². The Hall–Kier alpha value is -1.07. The van der Waals surface area contributed by atoms with Gasteiger partial charge in [0.25, 0.3) is 0 Å². The maximum Gasteiger partial charge on any atom is 0.160 e. The topological polar surface area (TPSA) is 17.1 Å². The third-order valence-corrected chi connectivity index (χ3v) is 1.59. The molecule has 0 bridgehead atoms. The summed E-state index contributed by atoms with van der Waals surface area (Å²) < 4.78 is 0. The first-order valence-corrected chi connectivity index (χ1v) is 4.58. The summed E-state index contributed by atoms with van der Waals surface area (Å²) >= 11 is 0. The summed E-state index contributed by atoms with van der Waals surface area (Å²) in [6, 6.07) is 0. The number of carbonyl (C=O) groups excluding carboxylic acids is 1. The van der Waals surface area contributed by atoms with Crippen LogP contribution in [0.3, 0.4) is 0 Å². The summed E-state index contributed by atoms with van der Waals surface area (Å²) in [4.78, 5) is 10.6. The monoisotopic (exact) mass is 178 g/mol. The molecule has 0 N–H and O–H groups in total. The lowest BCUT2D eigenvalue weighted by Crippen LogP contribution is -1.79. The van der Waals surface area contributed by atoms with E-state index in [2.05, 4.69) is 25.7 Å². The molecular formula is C12H18O. The van der Waals surface area contributed by atoms with Gasteiger partial charge in [-0.2, -0.15) is 0 Å². The van der Waals surface area contributed by atoms with E-state index in [1.54, 1.807) is 0 Å². The first kappa shape index (κ1) is 11.9. The van der Waals surface area contributed by atoms with E-state index >= 15 is 0 Å². The van der Waals surface area contributed by atoms with Crippen LogP contribution in [0.5, 0.6) is 0 Å². The summed E-state index contributed by atoms with van der Waals surface area (Å²) in [7, 11) is 0. The molecule has 0 aromatic carbocycles. The van der Waals surface area contributed by atoms with Crippen LogP contribution in [0.4, 0.5) is 0 Å². The molecule has 0 aliphatic carbocycles. The molecular weight excluding hydrogens is 160 g/mol. The molecule has 1 nitrogen and oxygen atoms in total. The van der Waals surface area contributed by atoms with E-state index in [0.29, 0.717) is 0 Å². The highest BCUT2D eigenvalue weighted by Gasteiger charge is 1.87. The SMILES string of the molecule is CC(=O)C=C=C(C)CCC=C(C)C. The van der Waals surface area contributed by atoms with Gasteiger partial charge in [0, 0.05) is 6.08 Å². The lowest BCUT2D eigenvalue weighted by atomic mass is 10.1. The fourth-order valence-corrected chi connectivity index (χ4v) is 0.874. The molecule has 0 heterocycles. The number of rotatable bonds is 4. The highest BCUT2D eigenvalue weighted by molar-refractivity contribution is 5.87. The maximum absolute atomic E-state index is 10.6. The molecule has 0 radical (unpaired) electrons. The first-order chi connectivity index (χ1) is 6.02. The minimum atomic E-state index is 0.0570. The smallest absolute Gasteiger partial charge is 0.160 e. The molecule has 0 aromatic heterocycles. The van der Waals surface area contributed by atoms with Crippen molar-refractivity contribution < 1.29 is 4.79 Å². The molecule has 0 aliphatic heterocycles. The minimum absolute atomic E-state index is 0.0570. The number of allylic oxidation sites excluding steroid dienone is 3. The van der Waals surface area contributed by atoms with Gasteiger partial charge in [-0.15, -0.1) is 5.73 Å². The van der Waals surface area contributed by atoms with Crippen molar-refractivity contribution in [2.45, 2.75) is 40.5 Å². The third-order valence-electron chi connectivity index (χ3n) is 1.59. The highest BCUT2D eigenvalue weighted by atomic mass is 16.1. The van der Waals surface area contributed by atoms with Crippen molar-refractivity contribution in [3.8, 4) is 0 Å². The van der Waals surface area contributed by atoms with Gasteiger partial charge in [-0.25, -0.2) is 0 Å². The molecule has 0 rings (SSSR count). The molecule has 0 saturated heterocycles. The van der Waals surface area contributed by atoms with Gasteiger partial charge in [0.1, 0.15) is 0 Å². The van der Waals surface area contributed by atoms with Crippen LogP contribution < -0.4 is 0 Å². The minimum Gasteiger partial charge on any atom is -0.294 e. The second-order valence-electron chi connectivity index (χ2n) is 3.50. The van der Waals surface area contributed by atoms with Crippen LogP contribution in [0, 0.1) is 0 Å². The molecule has 0 unspecified atom stereocenters. The number of hydrogen-bond acceptors (Lipinski definition) is 1. The van der Waals surface area contributed by atoms with Crippen molar-refractivity contribution in [2.24, 2.45) is 0 Å². The van der Waals surface area contributed by atoms with Gasteiger partial charge in [0.05, 0.1) is 0 Å². The van der Waals surface area contributed by atoms with Crippen molar-refractivity contribution in [1.82, 2.24) is 0 Å². The fraction of sp³-hybridized carbons (Fsp3) is 0.500. The molecule has 0 saturated carbocycles. The third kappa shape index (κ3) is 8.84. The highest BCUT2D eigenvalue weighted by Crippen LogP contribution is 2.04. The maximum atomic E-state index is 10.6. The second-order valence-corrected chi connectivity index (χ2v) is 3.50. The van der Waals surface area contributed by atoms with Gasteiger partial charge >= 0.3 is 0 Å². The van der Waals surface area contributed by atoms with Crippen LogP contribution in [0.1, 0.15) is 40.5 Å². The van der Waals surface area contributed by atoms with E-state index in [1.807, 2.05) is 6.92 Å². The Kier molecular flexibility index (Phi) is 5.92. The lowest BCUT2D eigenvalue weighted by molar-refractivity contribution is -0.112. The first-order valence-electron chi connectivity index (χ1n) is 4.58. The Morgan fingerprint density at radius 2 is 1.85 bits per heavy atom. The van der Waals surface area contributed by atoms with Crippen molar-refractivity contribution >= 4 is 5.78 Å². The molecule has 0 aromatic rings. The van der Waals surface area contributed by atoms with Crippen molar-refractivity contribution in [1.29, 1.82) is 0 Å². The van der Waals surface area contributed by atoms with E-state index in [4.69, 9.17) is 0 Å². The van der Waals surface area contributed by atoms with E-state index in [9.17, 15) is 4.79 Å². The van der Waals surface area contributed by atoms with E-state index in [0.717, 1.165) is 18.4 Å². The molecule has 0 aliphatic rings. The van der Waals surface area contributed by atoms with Gasteiger partial charge in [0.15, 0.2) is 5.78 Å².